The van der Waals surface area contributed by atoms with E-state index in [9.17, 15) is 9.90 Å². The van der Waals surface area contributed by atoms with Gasteiger partial charge in [0.2, 0.25) is 0 Å². The predicted octanol–water partition coefficient (Wildman–Crippen LogP) is 3.00. The third-order valence-corrected chi connectivity index (χ3v) is 4.72. The molecule has 5 heteroatoms. The molecule has 0 bridgehead atoms. The smallest absolute Gasteiger partial charge is 0.306 e. The molecule has 1 aromatic rings. The number of rotatable bonds is 5. The van der Waals surface area contributed by atoms with E-state index in [1.165, 1.54) is 0 Å². The Morgan fingerprint density at radius 3 is 2.62 bits per heavy atom. The summed E-state index contributed by atoms with van der Waals surface area (Å²) in [5, 5.41) is 23.6. The minimum absolute atomic E-state index is 0.0416. The van der Waals surface area contributed by atoms with Gasteiger partial charge in [0, 0.05) is 17.6 Å². The molecule has 0 saturated heterocycles. The Balaban J connectivity index is 1.88. The van der Waals surface area contributed by atoms with Crippen LogP contribution in [-0.2, 0) is 4.79 Å². The normalized spacial score (nSPS) is 27.3. The van der Waals surface area contributed by atoms with Gasteiger partial charge in [-0.25, -0.2) is 0 Å². The minimum atomic E-state index is -0.818. The molecule has 3 N–H and O–H groups in total. The van der Waals surface area contributed by atoms with Crippen LogP contribution < -0.4 is 5.32 Å². The molecular formula is C16H22ClNO3. The molecule has 116 valence electrons. The van der Waals surface area contributed by atoms with Gasteiger partial charge in [0.05, 0.1) is 11.5 Å². The zero-order valence-electron chi connectivity index (χ0n) is 12.2. The fraction of sp³-hybridized carbons (Fsp3) is 0.562. The van der Waals surface area contributed by atoms with Crippen molar-refractivity contribution in [2.45, 2.75) is 44.2 Å². The summed E-state index contributed by atoms with van der Waals surface area (Å²) in [6.45, 7) is 2.46. The van der Waals surface area contributed by atoms with Gasteiger partial charge in [0.1, 0.15) is 0 Å². The van der Waals surface area contributed by atoms with Crippen molar-refractivity contribution in [2.24, 2.45) is 5.92 Å². The first-order chi connectivity index (χ1) is 9.91. The predicted molar refractivity (Wildman–Crippen MR) is 82.4 cm³/mol. The third kappa shape index (κ3) is 4.19. The molecule has 1 saturated carbocycles. The highest BCUT2D eigenvalue weighted by Crippen LogP contribution is 2.32. The summed E-state index contributed by atoms with van der Waals surface area (Å²) in [6.07, 6.45) is 2.11. The molecule has 0 radical (unpaired) electrons. The highest BCUT2D eigenvalue weighted by atomic mass is 35.5. The van der Waals surface area contributed by atoms with E-state index in [1.54, 1.807) is 0 Å². The van der Waals surface area contributed by atoms with Crippen molar-refractivity contribution < 1.29 is 15.0 Å². The fourth-order valence-electron chi connectivity index (χ4n) is 2.86. The number of carboxylic acids is 1. The van der Waals surface area contributed by atoms with Gasteiger partial charge in [-0.15, -0.1) is 0 Å². The van der Waals surface area contributed by atoms with E-state index in [0.29, 0.717) is 37.3 Å². The Morgan fingerprint density at radius 1 is 1.43 bits per heavy atom. The van der Waals surface area contributed by atoms with Gasteiger partial charge in [-0.2, -0.15) is 0 Å². The van der Waals surface area contributed by atoms with Crippen LogP contribution >= 0.6 is 11.6 Å². The van der Waals surface area contributed by atoms with Crippen LogP contribution in [0.1, 0.15) is 44.2 Å². The molecule has 0 heterocycles. The molecule has 2 rings (SSSR count). The van der Waals surface area contributed by atoms with Gasteiger partial charge in [0.25, 0.3) is 0 Å². The van der Waals surface area contributed by atoms with Crippen molar-refractivity contribution in [1.29, 1.82) is 0 Å². The molecule has 0 amide bonds. The Hall–Kier alpha value is -1.10. The average Bonchev–Trinajstić information content (AvgIpc) is 2.46. The number of benzene rings is 1. The second kappa shape index (κ2) is 6.77. The van der Waals surface area contributed by atoms with Gasteiger partial charge in [0.15, 0.2) is 0 Å². The molecule has 1 fully saturated rings. The number of halogens is 1. The van der Waals surface area contributed by atoms with Crippen molar-refractivity contribution in [3.05, 3.63) is 34.9 Å². The summed E-state index contributed by atoms with van der Waals surface area (Å²) < 4.78 is 0. The first-order valence-electron chi connectivity index (χ1n) is 7.34. The van der Waals surface area contributed by atoms with Crippen molar-refractivity contribution in [1.82, 2.24) is 5.32 Å². The Morgan fingerprint density at radius 2 is 2.05 bits per heavy atom. The van der Waals surface area contributed by atoms with Crippen LogP contribution in [0, 0.1) is 5.92 Å². The maximum absolute atomic E-state index is 10.9. The number of aliphatic hydroxyl groups is 1. The molecular weight excluding hydrogens is 290 g/mol. The van der Waals surface area contributed by atoms with Gasteiger partial charge in [-0.1, -0.05) is 29.8 Å². The number of carboxylic acid groups (broad SMARTS) is 1. The molecule has 21 heavy (non-hydrogen) atoms. The van der Waals surface area contributed by atoms with Crippen LogP contribution in [0.2, 0.25) is 5.02 Å². The fourth-order valence-corrected chi connectivity index (χ4v) is 3.16. The second-order valence-electron chi connectivity index (χ2n) is 5.96. The number of aliphatic carboxylic acids is 1. The van der Waals surface area contributed by atoms with Crippen LogP contribution in [0.4, 0.5) is 0 Å². The summed E-state index contributed by atoms with van der Waals surface area (Å²) in [5.41, 5.74) is 0.184. The highest BCUT2D eigenvalue weighted by Gasteiger charge is 2.35. The average molecular weight is 312 g/mol. The monoisotopic (exact) mass is 311 g/mol. The maximum atomic E-state index is 10.9. The largest absolute Gasteiger partial charge is 0.481 e. The maximum Gasteiger partial charge on any atom is 0.306 e. The van der Waals surface area contributed by atoms with Gasteiger partial charge >= 0.3 is 5.97 Å². The molecule has 1 aromatic carbocycles. The van der Waals surface area contributed by atoms with E-state index < -0.39 is 11.6 Å². The summed E-state index contributed by atoms with van der Waals surface area (Å²) in [7, 11) is 0. The first-order valence-corrected chi connectivity index (χ1v) is 7.72. The van der Waals surface area contributed by atoms with Crippen molar-refractivity contribution in [2.75, 3.05) is 6.54 Å². The summed E-state index contributed by atoms with van der Waals surface area (Å²) in [6, 6.07) is 7.68. The molecule has 1 aliphatic rings. The van der Waals surface area contributed by atoms with Crippen LogP contribution in [0.25, 0.3) is 0 Å². The molecule has 1 atom stereocenters. The molecule has 4 nitrogen and oxygen atoms in total. The summed E-state index contributed by atoms with van der Waals surface area (Å²) in [4.78, 5) is 10.9. The molecule has 0 aliphatic heterocycles. The number of nitrogens with one attached hydrogen (secondary N) is 1. The van der Waals surface area contributed by atoms with E-state index >= 15 is 0 Å². The molecule has 1 aliphatic carbocycles. The van der Waals surface area contributed by atoms with Crippen LogP contribution in [-0.4, -0.2) is 28.3 Å². The summed E-state index contributed by atoms with van der Waals surface area (Å²) in [5.74, 6) is -1.07. The van der Waals surface area contributed by atoms with Gasteiger partial charge < -0.3 is 15.5 Å². The Bertz CT molecular complexity index is 498. The van der Waals surface area contributed by atoms with E-state index in [1.807, 2.05) is 31.2 Å². The van der Waals surface area contributed by atoms with Crippen molar-refractivity contribution in [3.8, 4) is 0 Å². The molecule has 0 aromatic heterocycles. The number of carbonyl (C=O) groups is 1. The lowest BCUT2D eigenvalue weighted by Crippen LogP contribution is -2.45. The zero-order chi connectivity index (χ0) is 15.5. The van der Waals surface area contributed by atoms with E-state index in [2.05, 4.69) is 5.32 Å². The lowest BCUT2D eigenvalue weighted by Gasteiger charge is -2.35. The standard InChI is InChI=1S/C16H22ClNO3/c1-11(13-4-2-3-5-14(13)17)18-10-16(21)8-6-12(7-9-16)15(19)20/h2-5,11-12,18,21H,6-10H2,1H3,(H,19,20)/t11-,12?,16?/m0/s1. The van der Waals surface area contributed by atoms with Gasteiger partial charge in [-0.3, -0.25) is 4.79 Å². The third-order valence-electron chi connectivity index (χ3n) is 4.37. The lowest BCUT2D eigenvalue weighted by atomic mass is 9.78. The topological polar surface area (TPSA) is 69.6 Å². The SMILES string of the molecule is C[C@H](NCC1(O)CCC(C(=O)O)CC1)c1ccccc1Cl. The molecule has 0 spiro atoms. The number of hydrogen-bond donors (Lipinski definition) is 3. The second-order valence-corrected chi connectivity index (χ2v) is 6.37. The van der Waals surface area contributed by atoms with Crippen molar-refractivity contribution in [3.63, 3.8) is 0 Å². The highest BCUT2D eigenvalue weighted by molar-refractivity contribution is 6.31. The zero-order valence-corrected chi connectivity index (χ0v) is 12.9. The molecule has 0 unspecified atom stereocenters. The van der Waals surface area contributed by atoms with Crippen molar-refractivity contribution >= 4 is 17.6 Å². The Kier molecular flexibility index (Phi) is 5.25. The summed E-state index contributed by atoms with van der Waals surface area (Å²) >= 11 is 6.16. The Labute approximate surface area is 130 Å². The van der Waals surface area contributed by atoms with E-state index in [4.69, 9.17) is 16.7 Å². The first kappa shape index (κ1) is 16.3. The minimum Gasteiger partial charge on any atom is -0.481 e. The lowest BCUT2D eigenvalue weighted by molar-refractivity contribution is -0.144. The van der Waals surface area contributed by atoms with E-state index in [0.717, 1.165) is 5.56 Å². The number of hydrogen-bond acceptors (Lipinski definition) is 3. The quantitative estimate of drug-likeness (QED) is 0.782. The van der Waals surface area contributed by atoms with Crippen LogP contribution in [0.5, 0.6) is 0 Å². The van der Waals surface area contributed by atoms with Crippen LogP contribution in [0.3, 0.4) is 0 Å². The van der Waals surface area contributed by atoms with Crippen LogP contribution in [0.15, 0.2) is 24.3 Å². The van der Waals surface area contributed by atoms with E-state index in [-0.39, 0.29) is 12.0 Å². The van der Waals surface area contributed by atoms with Gasteiger partial charge in [-0.05, 0) is 44.2 Å².